The number of methoxy groups -OCH3 is 1. The van der Waals surface area contributed by atoms with Crippen LogP contribution in [0.4, 0.5) is 0 Å². The van der Waals surface area contributed by atoms with Crippen LogP contribution in [0.25, 0.3) is 6.08 Å². The second kappa shape index (κ2) is 10.5. The lowest BCUT2D eigenvalue weighted by molar-refractivity contribution is 0.0730. The topological polar surface area (TPSA) is 82.1 Å². The minimum absolute atomic E-state index is 0.0700. The van der Waals surface area contributed by atoms with Crippen molar-refractivity contribution < 1.29 is 27.4 Å². The highest BCUT2D eigenvalue weighted by Gasteiger charge is 2.26. The minimum Gasteiger partial charge on any atom is -0.493 e. The number of ketones is 1. The molecule has 7 nitrogen and oxygen atoms in total. The lowest BCUT2D eigenvalue weighted by Crippen LogP contribution is -2.40. The Hall–Kier alpha value is -2.39. The minimum atomic E-state index is -3.60. The maximum Gasteiger partial charge on any atom is 0.243 e. The number of ether oxygens (including phenoxy) is 3. The smallest absolute Gasteiger partial charge is 0.243 e. The molecule has 1 saturated heterocycles. The van der Waals surface area contributed by atoms with Crippen molar-refractivity contribution in [3.8, 4) is 11.5 Å². The van der Waals surface area contributed by atoms with Crippen LogP contribution in [0.15, 0.2) is 47.4 Å². The van der Waals surface area contributed by atoms with Gasteiger partial charge in [0.2, 0.25) is 10.0 Å². The number of rotatable bonds is 8. The molecule has 0 bridgehead atoms. The SMILES string of the molecule is COc1cc(C=CC(=O)c2ccc(S(=O)(=O)N3CCOCC3)cc2)cc(Cl)c1OC(C)C. The van der Waals surface area contributed by atoms with Gasteiger partial charge in [-0.3, -0.25) is 4.79 Å². The normalized spacial score (nSPS) is 15.3. The first-order chi connectivity index (χ1) is 15.2. The number of morpholine rings is 1. The summed E-state index contributed by atoms with van der Waals surface area (Å²) in [5, 5.41) is 0.378. The summed E-state index contributed by atoms with van der Waals surface area (Å²) in [4.78, 5) is 12.7. The lowest BCUT2D eigenvalue weighted by Gasteiger charge is -2.26. The first-order valence-electron chi connectivity index (χ1n) is 10.2. The lowest BCUT2D eigenvalue weighted by atomic mass is 10.1. The molecule has 2 aromatic rings. The second-order valence-electron chi connectivity index (χ2n) is 7.44. The Morgan fingerprint density at radius 1 is 1.16 bits per heavy atom. The number of benzene rings is 2. The van der Waals surface area contributed by atoms with Gasteiger partial charge in [0, 0.05) is 18.7 Å². The molecule has 2 aromatic carbocycles. The van der Waals surface area contributed by atoms with E-state index in [0.29, 0.717) is 54.0 Å². The van der Waals surface area contributed by atoms with Gasteiger partial charge in [0.05, 0.1) is 36.3 Å². The maximum atomic E-state index is 12.7. The van der Waals surface area contributed by atoms with Crippen molar-refractivity contribution in [2.24, 2.45) is 0 Å². The first kappa shape index (κ1) is 24.3. The fourth-order valence-electron chi connectivity index (χ4n) is 3.18. The third kappa shape index (κ3) is 5.69. The largest absolute Gasteiger partial charge is 0.493 e. The van der Waals surface area contributed by atoms with E-state index in [1.54, 1.807) is 18.2 Å². The Balaban J connectivity index is 1.75. The number of carbonyl (C=O) groups excluding carboxylic acids is 1. The second-order valence-corrected chi connectivity index (χ2v) is 9.78. The van der Waals surface area contributed by atoms with Crippen LogP contribution < -0.4 is 9.47 Å². The van der Waals surface area contributed by atoms with Crippen LogP contribution in [0.5, 0.6) is 11.5 Å². The molecule has 0 N–H and O–H groups in total. The number of halogens is 1. The third-order valence-corrected chi connectivity index (χ3v) is 6.97. The summed E-state index contributed by atoms with van der Waals surface area (Å²) in [6, 6.07) is 9.32. The molecule has 0 atom stereocenters. The van der Waals surface area contributed by atoms with Gasteiger partial charge in [-0.05, 0) is 61.9 Å². The van der Waals surface area contributed by atoms with Crippen molar-refractivity contribution in [3.63, 3.8) is 0 Å². The van der Waals surface area contributed by atoms with E-state index >= 15 is 0 Å². The molecule has 0 unspecified atom stereocenters. The van der Waals surface area contributed by atoms with Gasteiger partial charge in [0.1, 0.15) is 0 Å². The molecule has 1 aliphatic rings. The zero-order chi connectivity index (χ0) is 23.3. The Bertz CT molecular complexity index is 1090. The van der Waals surface area contributed by atoms with Gasteiger partial charge in [0.15, 0.2) is 17.3 Å². The molecule has 3 rings (SSSR count). The summed E-state index contributed by atoms with van der Waals surface area (Å²) in [6.07, 6.45) is 2.95. The molecule has 32 heavy (non-hydrogen) atoms. The van der Waals surface area contributed by atoms with Gasteiger partial charge in [-0.15, -0.1) is 0 Å². The quantitative estimate of drug-likeness (QED) is 0.419. The number of sulfonamides is 1. The average Bonchev–Trinajstić information content (AvgIpc) is 2.79. The Kier molecular flexibility index (Phi) is 7.95. The van der Waals surface area contributed by atoms with E-state index in [4.69, 9.17) is 25.8 Å². The predicted octanol–water partition coefficient (Wildman–Crippen LogP) is 4.05. The first-order valence-corrected chi connectivity index (χ1v) is 12.0. The van der Waals surface area contributed by atoms with E-state index in [1.165, 1.54) is 41.8 Å². The molecule has 0 saturated carbocycles. The molecule has 1 heterocycles. The number of hydrogen-bond acceptors (Lipinski definition) is 6. The summed E-state index contributed by atoms with van der Waals surface area (Å²) < 4.78 is 43.0. The van der Waals surface area contributed by atoms with Crippen molar-refractivity contribution in [1.82, 2.24) is 4.31 Å². The Morgan fingerprint density at radius 2 is 1.81 bits per heavy atom. The van der Waals surface area contributed by atoms with E-state index in [2.05, 4.69) is 0 Å². The van der Waals surface area contributed by atoms with Crippen LogP contribution in [0.2, 0.25) is 5.02 Å². The van der Waals surface area contributed by atoms with E-state index in [1.807, 2.05) is 13.8 Å². The van der Waals surface area contributed by atoms with E-state index in [0.717, 1.165) is 0 Å². The molecular weight excluding hydrogens is 454 g/mol. The van der Waals surface area contributed by atoms with Crippen LogP contribution in [-0.4, -0.2) is 58.0 Å². The van der Waals surface area contributed by atoms with Crippen LogP contribution >= 0.6 is 11.6 Å². The molecule has 0 aromatic heterocycles. The van der Waals surface area contributed by atoms with E-state index in [-0.39, 0.29) is 16.8 Å². The number of allylic oxidation sites excluding steroid dienone is 1. The van der Waals surface area contributed by atoms with Crippen LogP contribution in [0, 0.1) is 0 Å². The van der Waals surface area contributed by atoms with E-state index < -0.39 is 10.0 Å². The molecule has 0 amide bonds. The van der Waals surface area contributed by atoms with Crippen molar-refractivity contribution in [2.45, 2.75) is 24.8 Å². The van der Waals surface area contributed by atoms with Crippen molar-refractivity contribution >= 4 is 33.5 Å². The van der Waals surface area contributed by atoms with Gasteiger partial charge in [-0.25, -0.2) is 8.42 Å². The summed E-state index contributed by atoms with van der Waals surface area (Å²) in [6.45, 7) is 5.16. The molecule has 0 radical (unpaired) electrons. The monoisotopic (exact) mass is 479 g/mol. The molecule has 1 fully saturated rings. The highest BCUT2D eigenvalue weighted by atomic mass is 35.5. The molecule has 0 aliphatic carbocycles. The number of hydrogen-bond donors (Lipinski definition) is 0. The van der Waals surface area contributed by atoms with Gasteiger partial charge < -0.3 is 14.2 Å². The van der Waals surface area contributed by atoms with Crippen LogP contribution in [0.1, 0.15) is 29.8 Å². The van der Waals surface area contributed by atoms with Crippen LogP contribution in [0.3, 0.4) is 0 Å². The van der Waals surface area contributed by atoms with Gasteiger partial charge in [-0.1, -0.05) is 17.7 Å². The molecular formula is C23H26ClNO6S. The molecule has 172 valence electrons. The summed E-state index contributed by atoms with van der Waals surface area (Å²) >= 11 is 6.32. The van der Waals surface area contributed by atoms with Gasteiger partial charge in [-0.2, -0.15) is 4.31 Å². The average molecular weight is 480 g/mol. The van der Waals surface area contributed by atoms with Crippen molar-refractivity contribution in [3.05, 3.63) is 58.6 Å². The number of nitrogens with zero attached hydrogens (tertiary/aromatic N) is 1. The maximum absolute atomic E-state index is 12.7. The predicted molar refractivity (Wildman–Crippen MR) is 123 cm³/mol. The van der Waals surface area contributed by atoms with Gasteiger partial charge >= 0.3 is 0 Å². The third-order valence-electron chi connectivity index (χ3n) is 4.78. The van der Waals surface area contributed by atoms with Crippen molar-refractivity contribution in [2.75, 3.05) is 33.4 Å². The standard InChI is InChI=1S/C23H26ClNO6S/c1-16(2)31-23-20(24)14-17(15-22(23)29-3)4-9-21(26)18-5-7-19(8-6-18)32(27,28)25-10-12-30-13-11-25/h4-9,14-16H,10-13H2,1-3H3. The molecule has 0 spiro atoms. The highest BCUT2D eigenvalue weighted by molar-refractivity contribution is 7.89. The van der Waals surface area contributed by atoms with E-state index in [9.17, 15) is 13.2 Å². The summed E-state index contributed by atoms with van der Waals surface area (Å²) in [7, 11) is -2.08. The fourth-order valence-corrected chi connectivity index (χ4v) is 4.85. The van der Waals surface area contributed by atoms with Gasteiger partial charge in [0.25, 0.3) is 0 Å². The zero-order valence-electron chi connectivity index (χ0n) is 18.2. The summed E-state index contributed by atoms with van der Waals surface area (Å²) in [5.74, 6) is 0.651. The summed E-state index contributed by atoms with van der Waals surface area (Å²) in [5.41, 5.74) is 1.04. The fraction of sp³-hybridized carbons (Fsp3) is 0.348. The highest BCUT2D eigenvalue weighted by Crippen LogP contribution is 2.37. The molecule has 9 heteroatoms. The van der Waals surface area contributed by atoms with Crippen LogP contribution in [-0.2, 0) is 14.8 Å². The molecule has 1 aliphatic heterocycles. The van der Waals surface area contributed by atoms with Crippen molar-refractivity contribution in [1.29, 1.82) is 0 Å². The Labute approximate surface area is 193 Å². The Morgan fingerprint density at radius 3 is 2.41 bits per heavy atom. The zero-order valence-corrected chi connectivity index (χ0v) is 19.8. The number of carbonyl (C=O) groups is 1.